The summed E-state index contributed by atoms with van der Waals surface area (Å²) in [7, 11) is 0. The van der Waals surface area contributed by atoms with Crippen LogP contribution in [-0.4, -0.2) is 42.0 Å². The van der Waals surface area contributed by atoms with Gasteiger partial charge in [0.05, 0.1) is 16.8 Å². The van der Waals surface area contributed by atoms with Crippen molar-refractivity contribution < 1.29 is 4.79 Å². The van der Waals surface area contributed by atoms with Crippen LogP contribution in [0.1, 0.15) is 32.6 Å². The minimum atomic E-state index is 0.0706. The maximum absolute atomic E-state index is 13.9. The normalized spacial score (nSPS) is 14.0. The predicted molar refractivity (Wildman–Crippen MR) is 148 cm³/mol. The molecule has 3 aromatic carbocycles. The zero-order valence-electron chi connectivity index (χ0n) is 20.7. The molecule has 5 heteroatoms. The Morgan fingerprint density at radius 3 is 2.34 bits per heavy atom. The maximum Gasteiger partial charge on any atom is 0.254 e. The van der Waals surface area contributed by atoms with Crippen molar-refractivity contribution in [3.05, 3.63) is 93.0 Å². The molecule has 35 heavy (non-hydrogen) atoms. The van der Waals surface area contributed by atoms with Gasteiger partial charge in [-0.3, -0.25) is 4.79 Å². The predicted octanol–water partition coefficient (Wildman–Crippen LogP) is 6.86. The van der Waals surface area contributed by atoms with Crippen LogP contribution in [0, 0.1) is 27.7 Å². The number of anilines is 1. The van der Waals surface area contributed by atoms with Crippen LogP contribution in [-0.2, 0) is 0 Å². The number of fused-ring (bicyclic) bond motifs is 1. The van der Waals surface area contributed by atoms with E-state index in [9.17, 15) is 4.79 Å². The van der Waals surface area contributed by atoms with E-state index < -0.39 is 0 Å². The number of piperazine rings is 1. The Morgan fingerprint density at radius 2 is 1.60 bits per heavy atom. The summed E-state index contributed by atoms with van der Waals surface area (Å²) in [5.74, 6) is 0.0706. The minimum Gasteiger partial charge on any atom is -0.368 e. The Bertz CT molecular complexity index is 1440. The fraction of sp³-hybridized carbons (Fsp3) is 0.267. The molecule has 1 fully saturated rings. The standard InChI is InChI=1S/C30H30BrN3O/c1-19-8-9-23(16-21(19)3)28-18-26(25-17-24(31)10-11-27(25)32-28)30(35)34-14-12-33(13-15-34)29-7-5-6-20(2)22(29)4/h5-11,16-18H,12-15H2,1-4H3. The number of carbonyl (C=O) groups is 1. The average molecular weight is 528 g/mol. The lowest BCUT2D eigenvalue weighted by atomic mass is 10.00. The Hall–Kier alpha value is -3.18. The number of aryl methyl sites for hydroxylation is 3. The van der Waals surface area contributed by atoms with Gasteiger partial charge in [0.1, 0.15) is 0 Å². The monoisotopic (exact) mass is 527 g/mol. The first-order chi connectivity index (χ1) is 16.8. The average Bonchev–Trinajstić information content (AvgIpc) is 2.86. The first kappa shape index (κ1) is 23.6. The Labute approximate surface area is 215 Å². The second-order valence-electron chi connectivity index (χ2n) is 9.51. The summed E-state index contributed by atoms with van der Waals surface area (Å²) in [6.45, 7) is 11.6. The Kier molecular flexibility index (Phi) is 6.37. The van der Waals surface area contributed by atoms with E-state index in [1.807, 2.05) is 29.2 Å². The van der Waals surface area contributed by atoms with Crippen LogP contribution in [0.2, 0.25) is 0 Å². The molecule has 2 heterocycles. The summed E-state index contributed by atoms with van der Waals surface area (Å²) in [5, 5.41) is 0.883. The summed E-state index contributed by atoms with van der Waals surface area (Å²) in [6, 6.07) is 20.8. The zero-order valence-corrected chi connectivity index (χ0v) is 22.3. The maximum atomic E-state index is 13.9. The van der Waals surface area contributed by atoms with E-state index in [2.05, 4.69) is 84.9 Å². The van der Waals surface area contributed by atoms with Crippen molar-refractivity contribution in [2.24, 2.45) is 0 Å². The molecule has 5 rings (SSSR count). The smallest absolute Gasteiger partial charge is 0.254 e. The molecule has 1 aliphatic heterocycles. The number of aromatic nitrogens is 1. The fourth-order valence-corrected chi connectivity index (χ4v) is 5.18. The molecule has 4 aromatic rings. The molecule has 0 aliphatic carbocycles. The summed E-state index contributed by atoms with van der Waals surface area (Å²) in [5.41, 5.74) is 9.77. The number of rotatable bonds is 3. The second-order valence-corrected chi connectivity index (χ2v) is 10.4. The highest BCUT2D eigenvalue weighted by Crippen LogP contribution is 2.30. The van der Waals surface area contributed by atoms with E-state index in [-0.39, 0.29) is 5.91 Å². The van der Waals surface area contributed by atoms with E-state index >= 15 is 0 Å². The molecule has 1 aromatic heterocycles. The van der Waals surface area contributed by atoms with Crippen LogP contribution in [0.25, 0.3) is 22.2 Å². The van der Waals surface area contributed by atoms with Gasteiger partial charge < -0.3 is 9.80 Å². The van der Waals surface area contributed by atoms with E-state index in [0.29, 0.717) is 18.7 Å². The molecule has 0 bridgehead atoms. The Balaban J connectivity index is 1.47. The van der Waals surface area contributed by atoms with Gasteiger partial charge in [-0.15, -0.1) is 0 Å². The van der Waals surface area contributed by atoms with Crippen LogP contribution < -0.4 is 4.90 Å². The van der Waals surface area contributed by atoms with Gasteiger partial charge in [-0.1, -0.05) is 40.2 Å². The van der Waals surface area contributed by atoms with Gasteiger partial charge in [0.15, 0.2) is 0 Å². The largest absolute Gasteiger partial charge is 0.368 e. The number of hydrogen-bond donors (Lipinski definition) is 0. The molecule has 0 saturated carbocycles. The number of amides is 1. The molecule has 178 valence electrons. The lowest BCUT2D eigenvalue weighted by molar-refractivity contribution is 0.0748. The Morgan fingerprint density at radius 1 is 0.829 bits per heavy atom. The van der Waals surface area contributed by atoms with Crippen LogP contribution in [0.5, 0.6) is 0 Å². The van der Waals surface area contributed by atoms with E-state index in [4.69, 9.17) is 4.98 Å². The molecule has 1 amide bonds. The van der Waals surface area contributed by atoms with Gasteiger partial charge in [0.25, 0.3) is 5.91 Å². The molecule has 0 unspecified atom stereocenters. The quantitative estimate of drug-likeness (QED) is 0.292. The highest BCUT2D eigenvalue weighted by molar-refractivity contribution is 9.10. The first-order valence-corrected chi connectivity index (χ1v) is 12.9. The van der Waals surface area contributed by atoms with Crippen molar-refractivity contribution in [3.63, 3.8) is 0 Å². The summed E-state index contributed by atoms with van der Waals surface area (Å²) >= 11 is 3.58. The molecule has 1 aliphatic rings. The van der Waals surface area contributed by atoms with Gasteiger partial charge in [0.2, 0.25) is 0 Å². The summed E-state index contributed by atoms with van der Waals surface area (Å²) in [6.07, 6.45) is 0. The molecule has 0 spiro atoms. The number of nitrogens with zero attached hydrogens (tertiary/aromatic N) is 3. The van der Waals surface area contributed by atoms with Gasteiger partial charge >= 0.3 is 0 Å². The summed E-state index contributed by atoms with van der Waals surface area (Å²) in [4.78, 5) is 23.2. The molecule has 1 saturated heterocycles. The first-order valence-electron chi connectivity index (χ1n) is 12.1. The van der Waals surface area contributed by atoms with Crippen molar-refractivity contribution in [1.29, 1.82) is 0 Å². The van der Waals surface area contributed by atoms with Crippen LogP contribution in [0.3, 0.4) is 0 Å². The van der Waals surface area contributed by atoms with Crippen molar-refractivity contribution in [1.82, 2.24) is 9.88 Å². The summed E-state index contributed by atoms with van der Waals surface area (Å²) < 4.78 is 0.944. The SMILES string of the molecule is Cc1ccc(-c2cc(C(=O)N3CCN(c4cccc(C)c4C)CC3)c3cc(Br)ccc3n2)cc1C. The van der Waals surface area contributed by atoms with Crippen LogP contribution >= 0.6 is 15.9 Å². The van der Waals surface area contributed by atoms with E-state index in [1.165, 1.54) is 27.9 Å². The van der Waals surface area contributed by atoms with Gasteiger partial charge in [0, 0.05) is 47.3 Å². The number of benzene rings is 3. The third-order valence-electron chi connectivity index (χ3n) is 7.29. The zero-order chi connectivity index (χ0) is 24.7. The van der Waals surface area contributed by atoms with Gasteiger partial charge in [-0.2, -0.15) is 0 Å². The van der Waals surface area contributed by atoms with Crippen LogP contribution in [0.4, 0.5) is 5.69 Å². The van der Waals surface area contributed by atoms with Crippen molar-refractivity contribution in [2.45, 2.75) is 27.7 Å². The topological polar surface area (TPSA) is 36.4 Å². The molecule has 4 nitrogen and oxygen atoms in total. The van der Waals surface area contributed by atoms with Crippen LogP contribution in [0.15, 0.2) is 65.1 Å². The third kappa shape index (κ3) is 4.57. The van der Waals surface area contributed by atoms with Crippen molar-refractivity contribution in [2.75, 3.05) is 31.1 Å². The lowest BCUT2D eigenvalue weighted by Crippen LogP contribution is -2.49. The van der Waals surface area contributed by atoms with Gasteiger partial charge in [-0.25, -0.2) is 4.98 Å². The highest BCUT2D eigenvalue weighted by Gasteiger charge is 2.25. The number of hydrogen-bond acceptors (Lipinski definition) is 3. The third-order valence-corrected chi connectivity index (χ3v) is 7.78. The number of carbonyl (C=O) groups excluding carboxylic acids is 1. The van der Waals surface area contributed by atoms with Crippen molar-refractivity contribution >= 4 is 38.4 Å². The minimum absolute atomic E-state index is 0.0706. The fourth-order valence-electron chi connectivity index (χ4n) is 4.82. The molecular formula is C30H30BrN3O. The van der Waals surface area contributed by atoms with E-state index in [0.717, 1.165) is 39.7 Å². The number of halogens is 1. The number of pyridine rings is 1. The van der Waals surface area contributed by atoms with E-state index in [1.54, 1.807) is 0 Å². The second kappa shape index (κ2) is 9.46. The van der Waals surface area contributed by atoms with Gasteiger partial charge in [-0.05, 0) is 86.3 Å². The molecule has 0 radical (unpaired) electrons. The molecular weight excluding hydrogens is 498 g/mol. The molecule has 0 N–H and O–H groups in total. The lowest BCUT2D eigenvalue weighted by Gasteiger charge is -2.37. The highest BCUT2D eigenvalue weighted by atomic mass is 79.9. The van der Waals surface area contributed by atoms with Crippen molar-refractivity contribution in [3.8, 4) is 11.3 Å². The molecule has 0 atom stereocenters.